The van der Waals surface area contributed by atoms with E-state index in [-0.39, 0.29) is 23.0 Å². The molecule has 1 unspecified atom stereocenters. The molecule has 1 aromatic rings. The van der Waals surface area contributed by atoms with E-state index in [4.69, 9.17) is 9.47 Å². The first-order valence-corrected chi connectivity index (χ1v) is 5.41. The number of carbonyl (C=O) groups excluding carboxylic acids is 1. The smallest absolute Gasteiger partial charge is 0.339 e. The lowest BCUT2D eigenvalue weighted by Gasteiger charge is -2.09. The second-order valence-corrected chi connectivity index (χ2v) is 4.05. The zero-order valence-electron chi connectivity index (χ0n) is 10.2. The van der Waals surface area contributed by atoms with Gasteiger partial charge in [0.1, 0.15) is 6.10 Å². The first kappa shape index (κ1) is 12.5. The van der Waals surface area contributed by atoms with Crippen molar-refractivity contribution in [1.29, 1.82) is 0 Å². The molecule has 0 fully saturated rings. The van der Waals surface area contributed by atoms with Crippen LogP contribution in [0.4, 0.5) is 8.78 Å². The zero-order valence-corrected chi connectivity index (χ0v) is 10.2. The summed E-state index contributed by atoms with van der Waals surface area (Å²) in [6.45, 7) is 3.43. The van der Waals surface area contributed by atoms with Gasteiger partial charge >= 0.3 is 5.97 Å². The molecule has 0 aliphatic carbocycles. The molecule has 2 rings (SSSR count). The van der Waals surface area contributed by atoms with Crippen molar-refractivity contribution >= 4 is 11.5 Å². The zero-order chi connectivity index (χ0) is 13.4. The molecule has 1 aliphatic heterocycles. The van der Waals surface area contributed by atoms with E-state index in [9.17, 15) is 13.6 Å². The van der Waals surface area contributed by atoms with Crippen molar-refractivity contribution in [1.82, 2.24) is 0 Å². The van der Waals surface area contributed by atoms with Gasteiger partial charge in [0.05, 0.1) is 12.7 Å². The summed E-state index contributed by atoms with van der Waals surface area (Å²) in [6.07, 6.45) is -0.370. The maximum absolute atomic E-state index is 13.6. The molecule has 0 aromatic heterocycles. The summed E-state index contributed by atoms with van der Waals surface area (Å²) in [5, 5.41) is 0. The molecule has 1 aromatic carbocycles. The first-order valence-electron chi connectivity index (χ1n) is 5.41. The molecule has 1 atom stereocenters. The summed E-state index contributed by atoms with van der Waals surface area (Å²) in [5.41, 5.74) is 1.12. The molecule has 0 saturated carbocycles. The van der Waals surface area contributed by atoms with E-state index in [2.05, 4.69) is 0 Å². The summed E-state index contributed by atoms with van der Waals surface area (Å²) in [6, 6.07) is 2.28. The lowest BCUT2D eigenvalue weighted by molar-refractivity contribution is -0.137. The van der Waals surface area contributed by atoms with E-state index in [1.54, 1.807) is 13.8 Å². The molecule has 5 heteroatoms. The number of benzene rings is 1. The second-order valence-electron chi connectivity index (χ2n) is 4.05. The lowest BCUT2D eigenvalue weighted by atomic mass is 9.99. The topological polar surface area (TPSA) is 35.5 Å². The Balaban J connectivity index is 2.66. The molecular weight excluding hydrogens is 242 g/mol. The maximum atomic E-state index is 13.6. The van der Waals surface area contributed by atoms with Crippen LogP contribution in [0, 0.1) is 11.6 Å². The van der Waals surface area contributed by atoms with Gasteiger partial charge in [0.25, 0.3) is 0 Å². The van der Waals surface area contributed by atoms with Gasteiger partial charge < -0.3 is 9.47 Å². The van der Waals surface area contributed by atoms with Gasteiger partial charge in [-0.3, -0.25) is 0 Å². The highest BCUT2D eigenvalue weighted by Crippen LogP contribution is 2.37. The number of ether oxygens (including phenoxy) is 2. The van der Waals surface area contributed by atoms with Crippen LogP contribution < -0.4 is 4.74 Å². The molecule has 0 N–H and O–H groups in total. The Kier molecular flexibility index (Phi) is 3.07. The molecule has 0 bridgehead atoms. The summed E-state index contributed by atoms with van der Waals surface area (Å²) in [7, 11) is 1.22. The van der Waals surface area contributed by atoms with Gasteiger partial charge in [0.15, 0.2) is 11.6 Å². The molecule has 0 amide bonds. The van der Waals surface area contributed by atoms with Crippen molar-refractivity contribution < 1.29 is 23.0 Å². The van der Waals surface area contributed by atoms with Crippen LogP contribution >= 0.6 is 0 Å². The van der Waals surface area contributed by atoms with Crippen LogP contribution in [0.5, 0.6) is 5.75 Å². The normalized spacial score (nSPS) is 19.2. The standard InChI is InChI=1S/C13H12F2O3/c1-6-7(2)18-13(16)10(6)8-4-5-9(14)11(15)12(8)17-3/h4-5,7H,1-3H3. The second kappa shape index (κ2) is 4.40. The summed E-state index contributed by atoms with van der Waals surface area (Å²) in [5.74, 6) is -2.96. The number of hydrogen-bond acceptors (Lipinski definition) is 3. The van der Waals surface area contributed by atoms with Crippen LogP contribution in [0.2, 0.25) is 0 Å². The summed E-state index contributed by atoms with van der Waals surface area (Å²) in [4.78, 5) is 11.7. The quantitative estimate of drug-likeness (QED) is 0.761. The van der Waals surface area contributed by atoms with Gasteiger partial charge in [-0.2, -0.15) is 4.39 Å². The highest BCUT2D eigenvalue weighted by molar-refractivity contribution is 6.20. The number of carbonyl (C=O) groups is 1. The molecule has 0 radical (unpaired) electrons. The minimum absolute atomic E-state index is 0.211. The number of hydrogen-bond donors (Lipinski definition) is 0. The van der Waals surface area contributed by atoms with E-state index in [1.165, 1.54) is 13.2 Å². The Labute approximate surface area is 103 Å². The molecule has 1 heterocycles. The van der Waals surface area contributed by atoms with E-state index in [0.29, 0.717) is 5.57 Å². The Morgan fingerprint density at radius 1 is 1.33 bits per heavy atom. The van der Waals surface area contributed by atoms with E-state index < -0.39 is 17.6 Å². The van der Waals surface area contributed by atoms with Gasteiger partial charge in [0, 0.05) is 5.56 Å². The molecule has 1 aliphatic rings. The van der Waals surface area contributed by atoms with Crippen LogP contribution in [-0.4, -0.2) is 19.2 Å². The molecule has 0 saturated heterocycles. The maximum Gasteiger partial charge on any atom is 0.339 e. The Hall–Kier alpha value is -1.91. The molecule has 0 spiro atoms. The van der Waals surface area contributed by atoms with Crippen molar-refractivity contribution in [2.45, 2.75) is 20.0 Å². The van der Waals surface area contributed by atoms with Crippen molar-refractivity contribution in [2.75, 3.05) is 7.11 Å². The predicted octanol–water partition coefficient (Wildman–Crippen LogP) is 2.69. The number of esters is 1. The Morgan fingerprint density at radius 3 is 2.50 bits per heavy atom. The van der Waals surface area contributed by atoms with Crippen molar-refractivity contribution in [3.63, 3.8) is 0 Å². The van der Waals surface area contributed by atoms with Gasteiger partial charge in [-0.05, 0) is 31.6 Å². The van der Waals surface area contributed by atoms with Crippen LogP contribution in [0.15, 0.2) is 17.7 Å². The SMILES string of the molecule is COc1c(C2=C(C)C(C)OC2=O)ccc(F)c1F. The van der Waals surface area contributed by atoms with Gasteiger partial charge in [-0.15, -0.1) is 0 Å². The highest BCUT2D eigenvalue weighted by Gasteiger charge is 2.32. The Morgan fingerprint density at radius 2 is 2.00 bits per heavy atom. The predicted molar refractivity (Wildman–Crippen MR) is 61.1 cm³/mol. The fraction of sp³-hybridized carbons (Fsp3) is 0.308. The molecule has 96 valence electrons. The van der Waals surface area contributed by atoms with E-state index in [1.807, 2.05) is 0 Å². The average Bonchev–Trinajstić information content (AvgIpc) is 2.57. The third kappa shape index (κ3) is 1.75. The average molecular weight is 254 g/mol. The fourth-order valence-corrected chi connectivity index (χ4v) is 1.92. The van der Waals surface area contributed by atoms with Crippen molar-refractivity contribution in [3.8, 4) is 5.75 Å². The van der Waals surface area contributed by atoms with Gasteiger partial charge in [0.2, 0.25) is 5.82 Å². The fourth-order valence-electron chi connectivity index (χ4n) is 1.92. The Bertz CT molecular complexity index is 549. The molecular formula is C13H12F2O3. The summed E-state index contributed by atoms with van der Waals surface area (Å²) < 4.78 is 36.6. The minimum atomic E-state index is -1.11. The van der Waals surface area contributed by atoms with Gasteiger partial charge in [-0.1, -0.05) is 0 Å². The van der Waals surface area contributed by atoms with Crippen LogP contribution in [-0.2, 0) is 9.53 Å². The van der Waals surface area contributed by atoms with E-state index >= 15 is 0 Å². The first-order chi connectivity index (χ1) is 8.47. The van der Waals surface area contributed by atoms with Crippen molar-refractivity contribution in [3.05, 3.63) is 34.9 Å². The lowest BCUT2D eigenvalue weighted by Crippen LogP contribution is -2.05. The number of halogens is 2. The minimum Gasteiger partial charge on any atom is -0.493 e. The van der Waals surface area contributed by atoms with Gasteiger partial charge in [-0.25, -0.2) is 9.18 Å². The monoisotopic (exact) mass is 254 g/mol. The van der Waals surface area contributed by atoms with Crippen LogP contribution in [0.25, 0.3) is 5.57 Å². The molecule has 3 nitrogen and oxygen atoms in total. The molecule has 18 heavy (non-hydrogen) atoms. The highest BCUT2D eigenvalue weighted by atomic mass is 19.2. The summed E-state index contributed by atoms with van der Waals surface area (Å²) >= 11 is 0. The third-order valence-corrected chi connectivity index (χ3v) is 3.02. The largest absolute Gasteiger partial charge is 0.493 e. The number of methoxy groups -OCH3 is 1. The number of cyclic esters (lactones) is 1. The van der Waals surface area contributed by atoms with Crippen LogP contribution in [0.1, 0.15) is 19.4 Å². The van der Waals surface area contributed by atoms with Crippen molar-refractivity contribution in [2.24, 2.45) is 0 Å². The van der Waals surface area contributed by atoms with E-state index in [0.717, 1.165) is 6.07 Å². The van der Waals surface area contributed by atoms with Crippen LogP contribution in [0.3, 0.4) is 0 Å². The number of rotatable bonds is 2. The third-order valence-electron chi connectivity index (χ3n) is 3.02.